The maximum absolute atomic E-state index is 13.6. The van der Waals surface area contributed by atoms with Crippen molar-refractivity contribution in [2.24, 2.45) is 0 Å². The van der Waals surface area contributed by atoms with Crippen molar-refractivity contribution in [1.29, 1.82) is 0 Å². The summed E-state index contributed by atoms with van der Waals surface area (Å²) in [5.74, 6) is -2.12. The standard InChI is InChI=1S/C18H13F2NO3/c1-10(22)21-15-9-13(20)6-7-14(15)16(18(21)23)17(24-2)11-4-3-5-12(19)8-11/h3-9H,1-2H3. The van der Waals surface area contributed by atoms with Crippen LogP contribution in [0.15, 0.2) is 42.5 Å². The number of amides is 2. The van der Waals surface area contributed by atoms with Crippen molar-refractivity contribution in [2.75, 3.05) is 12.0 Å². The highest BCUT2D eigenvalue weighted by Gasteiger charge is 2.38. The van der Waals surface area contributed by atoms with Gasteiger partial charge in [0, 0.05) is 18.1 Å². The summed E-state index contributed by atoms with van der Waals surface area (Å²) in [6.45, 7) is 1.21. The molecule has 122 valence electrons. The topological polar surface area (TPSA) is 46.6 Å². The number of carbonyl (C=O) groups is 2. The Balaban J connectivity index is 2.30. The number of ether oxygens (including phenoxy) is 1. The van der Waals surface area contributed by atoms with Gasteiger partial charge in [-0.3, -0.25) is 9.59 Å². The predicted octanol–water partition coefficient (Wildman–Crippen LogP) is 3.37. The lowest BCUT2D eigenvalue weighted by Gasteiger charge is -2.12. The maximum atomic E-state index is 13.6. The molecule has 1 heterocycles. The van der Waals surface area contributed by atoms with Crippen molar-refractivity contribution in [3.63, 3.8) is 0 Å². The molecule has 0 atom stereocenters. The second-order valence-corrected chi connectivity index (χ2v) is 5.24. The number of anilines is 1. The summed E-state index contributed by atoms with van der Waals surface area (Å²) in [5, 5.41) is 0. The Hall–Kier alpha value is -3.02. The number of methoxy groups -OCH3 is 1. The average Bonchev–Trinajstić information content (AvgIpc) is 2.80. The Morgan fingerprint density at radius 3 is 2.42 bits per heavy atom. The molecular formula is C18H13F2NO3. The van der Waals surface area contributed by atoms with Gasteiger partial charge in [-0.2, -0.15) is 0 Å². The van der Waals surface area contributed by atoms with Crippen LogP contribution in [0.3, 0.4) is 0 Å². The molecule has 6 heteroatoms. The van der Waals surface area contributed by atoms with Gasteiger partial charge in [0.1, 0.15) is 17.4 Å². The van der Waals surface area contributed by atoms with Crippen LogP contribution in [0.4, 0.5) is 14.5 Å². The third kappa shape index (κ3) is 2.46. The summed E-state index contributed by atoms with van der Waals surface area (Å²) in [4.78, 5) is 25.4. The van der Waals surface area contributed by atoms with Crippen LogP contribution in [-0.2, 0) is 14.3 Å². The minimum atomic E-state index is -0.635. The number of imide groups is 1. The third-order valence-corrected chi connectivity index (χ3v) is 3.72. The summed E-state index contributed by atoms with van der Waals surface area (Å²) >= 11 is 0. The highest BCUT2D eigenvalue weighted by Crippen LogP contribution is 2.41. The zero-order valence-corrected chi connectivity index (χ0v) is 13.0. The summed E-state index contributed by atoms with van der Waals surface area (Å²) < 4.78 is 32.4. The Morgan fingerprint density at radius 2 is 1.79 bits per heavy atom. The Morgan fingerprint density at radius 1 is 1.08 bits per heavy atom. The van der Waals surface area contributed by atoms with E-state index in [4.69, 9.17) is 4.74 Å². The molecule has 2 aromatic carbocycles. The van der Waals surface area contributed by atoms with Crippen LogP contribution < -0.4 is 4.90 Å². The molecule has 0 radical (unpaired) electrons. The number of halogens is 2. The van der Waals surface area contributed by atoms with Gasteiger partial charge >= 0.3 is 0 Å². The highest BCUT2D eigenvalue weighted by molar-refractivity contribution is 6.42. The minimum absolute atomic E-state index is 0.0910. The fourth-order valence-corrected chi connectivity index (χ4v) is 2.76. The fourth-order valence-electron chi connectivity index (χ4n) is 2.76. The normalized spacial score (nSPS) is 15.3. The van der Waals surface area contributed by atoms with Gasteiger partial charge in [0.25, 0.3) is 5.91 Å². The zero-order valence-electron chi connectivity index (χ0n) is 13.0. The van der Waals surface area contributed by atoms with E-state index in [1.54, 1.807) is 6.07 Å². The van der Waals surface area contributed by atoms with Crippen LogP contribution in [0.25, 0.3) is 11.3 Å². The molecule has 0 bridgehead atoms. The monoisotopic (exact) mass is 329 g/mol. The second-order valence-electron chi connectivity index (χ2n) is 5.24. The molecule has 0 N–H and O–H groups in total. The first-order valence-corrected chi connectivity index (χ1v) is 7.13. The SMILES string of the molecule is COC(=C1C(=O)N(C(C)=O)c2cc(F)ccc21)c1cccc(F)c1. The van der Waals surface area contributed by atoms with Crippen LogP contribution in [0.5, 0.6) is 0 Å². The predicted molar refractivity (Wildman–Crippen MR) is 84.8 cm³/mol. The lowest BCUT2D eigenvalue weighted by Crippen LogP contribution is -2.31. The largest absolute Gasteiger partial charge is 0.495 e. The third-order valence-electron chi connectivity index (χ3n) is 3.72. The molecule has 0 unspecified atom stereocenters. The Bertz CT molecular complexity index is 890. The number of carbonyl (C=O) groups excluding carboxylic acids is 2. The molecule has 0 saturated carbocycles. The summed E-state index contributed by atoms with van der Waals surface area (Å²) in [6, 6.07) is 9.26. The Labute approximate surface area is 137 Å². The first-order valence-electron chi connectivity index (χ1n) is 7.13. The van der Waals surface area contributed by atoms with E-state index in [2.05, 4.69) is 0 Å². The van der Waals surface area contributed by atoms with Gasteiger partial charge in [0.2, 0.25) is 5.91 Å². The minimum Gasteiger partial charge on any atom is -0.495 e. The van der Waals surface area contributed by atoms with Gasteiger partial charge < -0.3 is 4.74 Å². The summed E-state index contributed by atoms with van der Waals surface area (Å²) in [5.41, 5.74) is 0.945. The Kier molecular flexibility index (Phi) is 3.89. The van der Waals surface area contributed by atoms with Crippen LogP contribution in [0.1, 0.15) is 18.1 Å². The van der Waals surface area contributed by atoms with E-state index in [1.807, 2.05) is 0 Å². The van der Waals surface area contributed by atoms with E-state index < -0.39 is 23.4 Å². The van der Waals surface area contributed by atoms with Gasteiger partial charge in [0.15, 0.2) is 0 Å². The molecule has 0 spiro atoms. The van der Waals surface area contributed by atoms with Crippen molar-refractivity contribution < 1.29 is 23.1 Å². The average molecular weight is 329 g/mol. The molecule has 2 amide bonds. The van der Waals surface area contributed by atoms with Crippen molar-refractivity contribution in [3.05, 3.63) is 65.2 Å². The summed E-state index contributed by atoms with van der Waals surface area (Å²) in [7, 11) is 1.35. The van der Waals surface area contributed by atoms with Crippen LogP contribution in [0.2, 0.25) is 0 Å². The van der Waals surface area contributed by atoms with E-state index in [0.717, 1.165) is 11.0 Å². The molecule has 0 saturated heterocycles. The van der Waals surface area contributed by atoms with E-state index in [9.17, 15) is 18.4 Å². The van der Waals surface area contributed by atoms with E-state index in [-0.39, 0.29) is 17.0 Å². The molecule has 4 nitrogen and oxygen atoms in total. The van der Waals surface area contributed by atoms with Crippen molar-refractivity contribution in [2.45, 2.75) is 6.92 Å². The molecule has 1 aliphatic heterocycles. The lowest BCUT2D eigenvalue weighted by molar-refractivity contribution is -0.122. The molecule has 2 aromatic rings. The van der Waals surface area contributed by atoms with Gasteiger partial charge in [-0.15, -0.1) is 0 Å². The second kappa shape index (κ2) is 5.88. The number of fused-ring (bicyclic) bond motifs is 1. The lowest BCUT2D eigenvalue weighted by atomic mass is 10.0. The van der Waals surface area contributed by atoms with Crippen molar-refractivity contribution >= 4 is 28.8 Å². The zero-order chi connectivity index (χ0) is 17.4. The molecule has 0 aromatic heterocycles. The molecule has 3 rings (SSSR count). The first-order chi connectivity index (χ1) is 11.4. The van der Waals surface area contributed by atoms with Gasteiger partial charge in [-0.05, 0) is 30.3 Å². The first kappa shape index (κ1) is 15.9. The maximum Gasteiger partial charge on any atom is 0.269 e. The number of hydrogen-bond acceptors (Lipinski definition) is 3. The van der Waals surface area contributed by atoms with E-state index in [0.29, 0.717) is 11.1 Å². The number of nitrogens with zero attached hydrogens (tertiary/aromatic N) is 1. The smallest absolute Gasteiger partial charge is 0.269 e. The van der Waals surface area contributed by atoms with Gasteiger partial charge in [-0.1, -0.05) is 12.1 Å². The van der Waals surface area contributed by atoms with Crippen molar-refractivity contribution in [1.82, 2.24) is 0 Å². The highest BCUT2D eigenvalue weighted by atomic mass is 19.1. The molecule has 24 heavy (non-hydrogen) atoms. The van der Waals surface area contributed by atoms with Crippen molar-refractivity contribution in [3.8, 4) is 0 Å². The molecule has 0 aliphatic carbocycles. The number of rotatable bonds is 2. The molecular weight excluding hydrogens is 316 g/mol. The van der Waals surface area contributed by atoms with Gasteiger partial charge in [-0.25, -0.2) is 13.7 Å². The van der Waals surface area contributed by atoms with E-state index >= 15 is 0 Å². The van der Waals surface area contributed by atoms with Crippen LogP contribution in [0, 0.1) is 11.6 Å². The van der Waals surface area contributed by atoms with Gasteiger partial charge in [0.05, 0.1) is 18.4 Å². The molecule has 0 fully saturated rings. The number of benzene rings is 2. The molecule has 1 aliphatic rings. The summed E-state index contributed by atoms with van der Waals surface area (Å²) in [6.07, 6.45) is 0. The van der Waals surface area contributed by atoms with Crippen LogP contribution in [-0.4, -0.2) is 18.9 Å². The van der Waals surface area contributed by atoms with Crippen LogP contribution >= 0.6 is 0 Å². The van der Waals surface area contributed by atoms with E-state index in [1.165, 1.54) is 44.4 Å². The quantitative estimate of drug-likeness (QED) is 0.627. The fraction of sp³-hybridized carbons (Fsp3) is 0.111. The number of hydrogen-bond donors (Lipinski definition) is 0.